The van der Waals surface area contributed by atoms with Crippen LogP contribution in [0.2, 0.25) is 0 Å². The van der Waals surface area contributed by atoms with Crippen molar-refractivity contribution >= 4 is 23.5 Å². The van der Waals surface area contributed by atoms with Gasteiger partial charge in [-0.05, 0) is 42.3 Å². The molecule has 0 aliphatic carbocycles. The maximum Gasteiger partial charge on any atom is 0.319 e. The maximum absolute atomic E-state index is 13.5. The van der Waals surface area contributed by atoms with Crippen LogP contribution in [0.3, 0.4) is 0 Å². The van der Waals surface area contributed by atoms with Crippen LogP contribution in [0.4, 0.5) is 19.3 Å². The zero-order valence-corrected chi connectivity index (χ0v) is 12.4. The van der Waals surface area contributed by atoms with E-state index in [0.29, 0.717) is 6.42 Å². The molecular weight excluding hydrogens is 306 g/mol. The van der Waals surface area contributed by atoms with Crippen molar-refractivity contribution in [3.05, 3.63) is 59.7 Å². The van der Waals surface area contributed by atoms with E-state index in [1.54, 1.807) is 30.0 Å². The van der Waals surface area contributed by atoms with Gasteiger partial charge in [0.2, 0.25) is 0 Å². The number of amides is 2. The molecule has 0 saturated heterocycles. The first-order chi connectivity index (χ1) is 10.6. The van der Waals surface area contributed by atoms with Crippen LogP contribution in [0.1, 0.15) is 18.0 Å². The molecule has 0 spiro atoms. The van der Waals surface area contributed by atoms with Crippen LogP contribution in [0, 0.1) is 11.6 Å². The largest absolute Gasteiger partial charge is 0.331 e. The van der Waals surface area contributed by atoms with Crippen molar-refractivity contribution in [3.8, 4) is 0 Å². The number of urea groups is 1. The average molecular weight is 320 g/mol. The maximum atomic E-state index is 13.5. The van der Waals surface area contributed by atoms with E-state index in [2.05, 4.69) is 10.6 Å². The monoisotopic (exact) mass is 320 g/mol. The number of hydrogen-bond acceptors (Lipinski definition) is 2. The first-order valence-electron chi connectivity index (χ1n) is 6.88. The van der Waals surface area contributed by atoms with E-state index in [9.17, 15) is 13.6 Å². The number of rotatable bonds is 2. The highest BCUT2D eigenvalue weighted by molar-refractivity contribution is 7.99. The molecule has 1 atom stereocenters. The summed E-state index contributed by atoms with van der Waals surface area (Å²) in [6, 6.07) is 9.74. The van der Waals surface area contributed by atoms with Crippen LogP contribution in [0.15, 0.2) is 47.4 Å². The van der Waals surface area contributed by atoms with Crippen LogP contribution in [-0.2, 0) is 0 Å². The standard InChI is InChI=1S/C16H14F2N2OS/c17-10-5-6-15-11(9-10)13(7-8-22-15)19-16(21)20-14-4-2-1-3-12(14)18/h1-6,9,13H,7-8H2,(H2,19,20,21). The number of benzene rings is 2. The third kappa shape index (κ3) is 3.22. The fourth-order valence-corrected chi connectivity index (χ4v) is 3.50. The fourth-order valence-electron chi connectivity index (χ4n) is 2.39. The molecule has 1 aliphatic rings. The zero-order chi connectivity index (χ0) is 15.5. The van der Waals surface area contributed by atoms with Crippen LogP contribution in [-0.4, -0.2) is 11.8 Å². The minimum atomic E-state index is -0.503. The number of anilines is 1. The van der Waals surface area contributed by atoms with E-state index in [1.165, 1.54) is 24.3 Å². The highest BCUT2D eigenvalue weighted by atomic mass is 32.2. The van der Waals surface area contributed by atoms with Gasteiger partial charge in [-0.3, -0.25) is 0 Å². The second-order valence-electron chi connectivity index (χ2n) is 4.95. The Kier molecular flexibility index (Phi) is 4.29. The summed E-state index contributed by atoms with van der Waals surface area (Å²) in [6.07, 6.45) is 0.700. The molecular formula is C16H14F2N2OS. The summed E-state index contributed by atoms with van der Waals surface area (Å²) in [4.78, 5) is 13.0. The van der Waals surface area contributed by atoms with Gasteiger partial charge in [-0.25, -0.2) is 13.6 Å². The molecule has 0 radical (unpaired) electrons. The molecule has 3 rings (SSSR count). The molecule has 2 amide bonds. The van der Waals surface area contributed by atoms with Crippen molar-refractivity contribution in [1.82, 2.24) is 5.32 Å². The van der Waals surface area contributed by atoms with Crippen molar-refractivity contribution in [1.29, 1.82) is 0 Å². The molecule has 1 unspecified atom stereocenters. The Morgan fingerprint density at radius 1 is 1.18 bits per heavy atom. The highest BCUT2D eigenvalue weighted by Crippen LogP contribution is 2.36. The second kappa shape index (κ2) is 6.36. The molecule has 3 nitrogen and oxygen atoms in total. The van der Waals surface area contributed by atoms with Gasteiger partial charge in [-0.15, -0.1) is 11.8 Å². The lowest BCUT2D eigenvalue weighted by molar-refractivity contribution is 0.248. The van der Waals surface area contributed by atoms with Crippen LogP contribution >= 0.6 is 11.8 Å². The average Bonchev–Trinajstić information content (AvgIpc) is 2.50. The van der Waals surface area contributed by atoms with Gasteiger partial charge < -0.3 is 10.6 Å². The minimum Gasteiger partial charge on any atom is -0.331 e. The number of para-hydroxylation sites is 1. The Morgan fingerprint density at radius 3 is 2.82 bits per heavy atom. The van der Waals surface area contributed by atoms with Gasteiger partial charge in [0.25, 0.3) is 0 Å². The Bertz CT molecular complexity index is 708. The second-order valence-corrected chi connectivity index (χ2v) is 6.09. The molecule has 0 bridgehead atoms. The minimum absolute atomic E-state index is 0.115. The predicted molar refractivity (Wildman–Crippen MR) is 83.0 cm³/mol. The summed E-state index contributed by atoms with van der Waals surface area (Å²) >= 11 is 1.64. The van der Waals surface area contributed by atoms with Gasteiger partial charge in [0.05, 0.1) is 11.7 Å². The first kappa shape index (κ1) is 14.8. The first-order valence-corrected chi connectivity index (χ1v) is 7.86. The number of fused-ring (bicyclic) bond motifs is 1. The van der Waals surface area contributed by atoms with E-state index in [1.807, 2.05) is 0 Å². The van der Waals surface area contributed by atoms with Gasteiger partial charge in [-0.1, -0.05) is 12.1 Å². The normalized spacial score (nSPS) is 16.7. The smallest absolute Gasteiger partial charge is 0.319 e. The quantitative estimate of drug-likeness (QED) is 0.865. The molecule has 0 saturated carbocycles. The van der Waals surface area contributed by atoms with Crippen LogP contribution in [0.5, 0.6) is 0 Å². The van der Waals surface area contributed by atoms with Gasteiger partial charge in [0.15, 0.2) is 0 Å². The van der Waals surface area contributed by atoms with E-state index >= 15 is 0 Å². The number of carbonyl (C=O) groups excluding carboxylic acids is 1. The van der Waals surface area contributed by atoms with E-state index < -0.39 is 11.8 Å². The molecule has 2 aromatic rings. The lowest BCUT2D eigenvalue weighted by Gasteiger charge is -2.26. The topological polar surface area (TPSA) is 41.1 Å². The summed E-state index contributed by atoms with van der Waals surface area (Å²) in [7, 11) is 0. The Labute approximate surface area is 131 Å². The van der Waals surface area contributed by atoms with Crippen molar-refractivity contribution in [2.45, 2.75) is 17.4 Å². The van der Waals surface area contributed by atoms with E-state index in [0.717, 1.165) is 16.2 Å². The Balaban J connectivity index is 1.73. The van der Waals surface area contributed by atoms with Gasteiger partial charge in [0, 0.05) is 10.6 Å². The number of hydrogen-bond donors (Lipinski definition) is 2. The number of carbonyl (C=O) groups is 1. The molecule has 1 heterocycles. The summed E-state index contributed by atoms with van der Waals surface area (Å²) < 4.78 is 26.9. The number of thioether (sulfide) groups is 1. The molecule has 6 heteroatoms. The molecule has 1 aliphatic heterocycles. The summed E-state index contributed by atoms with van der Waals surface area (Å²) in [5.41, 5.74) is 0.879. The number of halogens is 2. The lowest BCUT2D eigenvalue weighted by Crippen LogP contribution is -2.34. The third-order valence-electron chi connectivity index (χ3n) is 3.44. The molecule has 2 aromatic carbocycles. The van der Waals surface area contributed by atoms with Crippen molar-refractivity contribution in [3.63, 3.8) is 0 Å². The van der Waals surface area contributed by atoms with Gasteiger partial charge in [0.1, 0.15) is 11.6 Å². The van der Waals surface area contributed by atoms with Crippen molar-refractivity contribution < 1.29 is 13.6 Å². The van der Waals surface area contributed by atoms with Crippen molar-refractivity contribution in [2.24, 2.45) is 0 Å². The van der Waals surface area contributed by atoms with Crippen LogP contribution in [0.25, 0.3) is 0 Å². The molecule has 114 valence electrons. The highest BCUT2D eigenvalue weighted by Gasteiger charge is 2.23. The molecule has 22 heavy (non-hydrogen) atoms. The van der Waals surface area contributed by atoms with Crippen LogP contribution < -0.4 is 10.6 Å². The Morgan fingerprint density at radius 2 is 2.00 bits per heavy atom. The Hall–Kier alpha value is -2.08. The zero-order valence-electron chi connectivity index (χ0n) is 11.6. The predicted octanol–water partition coefficient (Wildman–Crippen LogP) is 4.32. The van der Waals surface area contributed by atoms with Gasteiger partial charge >= 0.3 is 6.03 Å². The van der Waals surface area contributed by atoms with Crippen molar-refractivity contribution in [2.75, 3.05) is 11.1 Å². The summed E-state index contributed by atoms with van der Waals surface area (Å²) in [5, 5.41) is 5.26. The van der Waals surface area contributed by atoms with E-state index in [-0.39, 0.29) is 17.5 Å². The van der Waals surface area contributed by atoms with Gasteiger partial charge in [-0.2, -0.15) is 0 Å². The SMILES string of the molecule is O=C(Nc1ccccc1F)NC1CCSc2ccc(F)cc21. The molecule has 0 aromatic heterocycles. The molecule has 2 N–H and O–H groups in total. The lowest BCUT2D eigenvalue weighted by atomic mass is 10.0. The summed E-state index contributed by atoms with van der Waals surface area (Å²) in [5.74, 6) is 0.00867. The van der Waals surface area contributed by atoms with E-state index in [4.69, 9.17) is 0 Å². The number of nitrogens with one attached hydrogen (secondary N) is 2. The fraction of sp³-hybridized carbons (Fsp3) is 0.188. The summed E-state index contributed by atoms with van der Waals surface area (Å²) in [6.45, 7) is 0. The third-order valence-corrected chi connectivity index (χ3v) is 4.56. The molecule has 0 fully saturated rings.